The molecule has 128 valence electrons. The first-order valence-corrected chi connectivity index (χ1v) is 10.8. The molecule has 1 unspecified atom stereocenters. The smallest absolute Gasteiger partial charge is 0.264 e. The molecule has 0 amide bonds. The van der Waals surface area contributed by atoms with Crippen LogP contribution in [-0.2, 0) is 20.7 Å². The van der Waals surface area contributed by atoms with Crippen LogP contribution in [0.2, 0.25) is 0 Å². The van der Waals surface area contributed by atoms with Gasteiger partial charge in [0.2, 0.25) is 0 Å². The van der Waals surface area contributed by atoms with E-state index in [1.165, 1.54) is 20.9 Å². The first kappa shape index (κ1) is 17.5. The predicted molar refractivity (Wildman–Crippen MR) is 98.1 cm³/mol. The summed E-state index contributed by atoms with van der Waals surface area (Å²) in [6, 6.07) is 17.1. The highest BCUT2D eigenvalue weighted by Gasteiger charge is 2.21. The van der Waals surface area contributed by atoms with Gasteiger partial charge in [-0.15, -0.1) is 0 Å². The monoisotopic (exact) mass is 362 g/mol. The molecule has 0 radical (unpaired) electrons. The molecule has 2 aromatic carbocycles. The van der Waals surface area contributed by atoms with E-state index in [2.05, 4.69) is 42.5 Å². The van der Waals surface area contributed by atoms with Crippen molar-refractivity contribution in [2.45, 2.75) is 41.4 Å². The van der Waals surface area contributed by atoms with Crippen molar-refractivity contribution in [3.63, 3.8) is 0 Å². The maximum Gasteiger partial charge on any atom is 0.264 e. The van der Waals surface area contributed by atoms with Crippen molar-refractivity contribution >= 4 is 21.9 Å². The van der Waals surface area contributed by atoms with Gasteiger partial charge in [0.25, 0.3) is 10.1 Å². The van der Waals surface area contributed by atoms with E-state index in [0.717, 1.165) is 31.9 Å². The zero-order valence-electron chi connectivity index (χ0n) is 13.8. The summed E-state index contributed by atoms with van der Waals surface area (Å²) in [5.41, 5.74) is 2.75. The maximum atomic E-state index is 11.1. The van der Waals surface area contributed by atoms with Gasteiger partial charge in [0.15, 0.2) is 0 Å². The second-order valence-electron chi connectivity index (χ2n) is 6.18. The van der Waals surface area contributed by atoms with Crippen LogP contribution in [-0.4, -0.2) is 21.3 Å². The lowest BCUT2D eigenvalue weighted by atomic mass is 9.81. The van der Waals surface area contributed by atoms with Gasteiger partial charge in [-0.3, -0.25) is 4.18 Å². The summed E-state index contributed by atoms with van der Waals surface area (Å²) in [4.78, 5) is 2.50. The lowest BCUT2D eigenvalue weighted by Crippen LogP contribution is -2.13. The van der Waals surface area contributed by atoms with Gasteiger partial charge in [-0.2, -0.15) is 8.42 Å². The van der Waals surface area contributed by atoms with Gasteiger partial charge in [0.1, 0.15) is 0 Å². The van der Waals surface area contributed by atoms with Crippen molar-refractivity contribution in [3.8, 4) is 0 Å². The molecule has 0 aliphatic heterocycles. The molecule has 24 heavy (non-hydrogen) atoms. The lowest BCUT2D eigenvalue weighted by molar-refractivity contribution is 0.296. The molecule has 0 saturated heterocycles. The van der Waals surface area contributed by atoms with Crippen LogP contribution in [0.1, 0.15) is 36.3 Å². The van der Waals surface area contributed by atoms with Crippen LogP contribution in [0.4, 0.5) is 0 Å². The Hall–Kier alpha value is -1.30. The van der Waals surface area contributed by atoms with Crippen LogP contribution in [0.5, 0.6) is 0 Å². The predicted octanol–water partition coefficient (Wildman–Crippen LogP) is 4.62. The molecule has 2 aromatic rings. The molecule has 0 spiro atoms. The summed E-state index contributed by atoms with van der Waals surface area (Å²) in [6.45, 7) is 0.267. The Kier molecular flexibility index (Phi) is 5.64. The molecule has 0 bridgehead atoms. The number of hydrogen-bond donors (Lipinski definition) is 0. The Labute approximate surface area is 148 Å². The molecule has 0 heterocycles. The van der Waals surface area contributed by atoms with Crippen molar-refractivity contribution in [1.29, 1.82) is 0 Å². The first-order chi connectivity index (χ1) is 11.5. The first-order valence-electron chi connectivity index (χ1n) is 8.21. The zero-order chi connectivity index (χ0) is 17.0. The second kappa shape index (κ2) is 7.72. The van der Waals surface area contributed by atoms with Crippen LogP contribution in [0.25, 0.3) is 0 Å². The Morgan fingerprint density at radius 2 is 1.92 bits per heavy atom. The van der Waals surface area contributed by atoms with Gasteiger partial charge < -0.3 is 0 Å². The van der Waals surface area contributed by atoms with E-state index in [-0.39, 0.29) is 6.61 Å². The summed E-state index contributed by atoms with van der Waals surface area (Å²) >= 11 is 1.78. The minimum Gasteiger partial charge on any atom is -0.270 e. The maximum absolute atomic E-state index is 11.1. The molecule has 5 heteroatoms. The Balaban J connectivity index is 1.70. The Morgan fingerprint density at radius 1 is 1.12 bits per heavy atom. The largest absolute Gasteiger partial charge is 0.270 e. The normalized spacial score (nSPS) is 17.5. The van der Waals surface area contributed by atoms with Crippen LogP contribution in [0.3, 0.4) is 0 Å². The highest BCUT2D eigenvalue weighted by Crippen LogP contribution is 2.37. The third kappa shape index (κ3) is 4.85. The summed E-state index contributed by atoms with van der Waals surface area (Å²) in [5, 5.41) is 0. The number of rotatable bonds is 6. The van der Waals surface area contributed by atoms with Gasteiger partial charge in [-0.25, -0.2) is 0 Å². The molecule has 0 N–H and O–H groups in total. The zero-order valence-corrected chi connectivity index (χ0v) is 15.4. The molecule has 1 atom stereocenters. The molecule has 1 aliphatic carbocycles. The van der Waals surface area contributed by atoms with E-state index in [4.69, 9.17) is 4.18 Å². The van der Waals surface area contributed by atoms with Crippen molar-refractivity contribution in [2.24, 2.45) is 0 Å². The van der Waals surface area contributed by atoms with E-state index >= 15 is 0 Å². The summed E-state index contributed by atoms with van der Waals surface area (Å²) in [5.74, 6) is 0.395. The summed E-state index contributed by atoms with van der Waals surface area (Å²) in [6.07, 6.45) is 5.21. The molecule has 3 nitrogen and oxygen atoms in total. The van der Waals surface area contributed by atoms with Crippen LogP contribution in [0.15, 0.2) is 58.3 Å². The van der Waals surface area contributed by atoms with Crippen molar-refractivity contribution < 1.29 is 12.6 Å². The third-order valence-corrected chi connectivity index (χ3v) is 5.89. The third-order valence-electron chi connectivity index (χ3n) is 4.30. The topological polar surface area (TPSA) is 43.4 Å². The quantitative estimate of drug-likeness (QED) is 0.703. The van der Waals surface area contributed by atoms with Gasteiger partial charge in [0, 0.05) is 9.79 Å². The highest BCUT2D eigenvalue weighted by molar-refractivity contribution is 7.99. The average molecular weight is 363 g/mol. The minimum atomic E-state index is -3.35. The van der Waals surface area contributed by atoms with E-state index in [1.807, 2.05) is 6.07 Å². The van der Waals surface area contributed by atoms with E-state index in [9.17, 15) is 8.42 Å². The van der Waals surface area contributed by atoms with Crippen molar-refractivity contribution in [3.05, 3.63) is 59.7 Å². The van der Waals surface area contributed by atoms with Gasteiger partial charge in [0.05, 0.1) is 12.9 Å². The minimum absolute atomic E-state index is 0.267. The number of fused-ring (bicyclic) bond motifs is 1. The van der Waals surface area contributed by atoms with E-state index < -0.39 is 10.1 Å². The van der Waals surface area contributed by atoms with Crippen molar-refractivity contribution in [2.75, 3.05) is 12.9 Å². The standard InChI is InChI=1S/C19H22O3S2/c1-24(20,21)22-13-12-15-6-5-7-16-14-18(10-11-19(15)16)23-17-8-3-2-4-9-17/h2-4,8-11,14-15H,5-7,12-13H2,1H3. The van der Waals surface area contributed by atoms with Gasteiger partial charge >= 0.3 is 0 Å². The van der Waals surface area contributed by atoms with E-state index in [1.54, 1.807) is 11.8 Å². The number of benzene rings is 2. The molecular formula is C19H22O3S2. The lowest BCUT2D eigenvalue weighted by Gasteiger charge is -2.26. The molecule has 0 saturated carbocycles. The second-order valence-corrected chi connectivity index (χ2v) is 8.97. The molecule has 0 fully saturated rings. The van der Waals surface area contributed by atoms with Crippen LogP contribution in [0, 0.1) is 0 Å². The van der Waals surface area contributed by atoms with Crippen LogP contribution >= 0.6 is 11.8 Å². The summed E-state index contributed by atoms with van der Waals surface area (Å²) in [7, 11) is -3.35. The Morgan fingerprint density at radius 3 is 2.67 bits per heavy atom. The average Bonchev–Trinajstić information content (AvgIpc) is 2.54. The fourth-order valence-electron chi connectivity index (χ4n) is 3.22. The molecule has 3 rings (SSSR count). The fraction of sp³-hybridized carbons (Fsp3) is 0.368. The van der Waals surface area contributed by atoms with Crippen molar-refractivity contribution in [1.82, 2.24) is 0 Å². The molecular weight excluding hydrogens is 340 g/mol. The highest BCUT2D eigenvalue weighted by atomic mass is 32.2. The Bertz CT molecular complexity index is 786. The van der Waals surface area contributed by atoms with Gasteiger partial charge in [-0.05, 0) is 67.0 Å². The van der Waals surface area contributed by atoms with Gasteiger partial charge in [-0.1, -0.05) is 36.0 Å². The van der Waals surface area contributed by atoms with Crippen LogP contribution < -0.4 is 0 Å². The molecule has 0 aromatic heterocycles. The van der Waals surface area contributed by atoms with E-state index in [0.29, 0.717) is 5.92 Å². The fourth-order valence-corrected chi connectivity index (χ4v) is 4.52. The number of aryl methyl sites for hydroxylation is 1. The SMILES string of the molecule is CS(=O)(=O)OCCC1CCCc2cc(Sc3ccccc3)ccc21. The molecule has 1 aliphatic rings. The summed E-state index contributed by atoms with van der Waals surface area (Å²) < 4.78 is 27.1. The number of hydrogen-bond acceptors (Lipinski definition) is 4.